The van der Waals surface area contributed by atoms with Crippen molar-refractivity contribution in [3.05, 3.63) is 119 Å². The fraction of sp³-hybridized carbons (Fsp3) is 0.300. The van der Waals surface area contributed by atoms with Gasteiger partial charge in [-0.25, -0.2) is 19.8 Å². The van der Waals surface area contributed by atoms with E-state index in [1.54, 1.807) is 48.5 Å². The van der Waals surface area contributed by atoms with Crippen molar-refractivity contribution in [2.75, 3.05) is 23.0 Å². The normalized spacial score (nSPS) is 26.1. The van der Waals surface area contributed by atoms with Crippen LogP contribution in [0.2, 0.25) is 0 Å². The number of fused-ring (bicyclic) bond motifs is 5. The first-order valence-corrected chi connectivity index (χ1v) is 17.1. The van der Waals surface area contributed by atoms with E-state index in [4.69, 9.17) is 9.47 Å². The van der Waals surface area contributed by atoms with Crippen LogP contribution in [0.25, 0.3) is 0 Å². The Morgan fingerprint density at radius 2 is 0.800 bits per heavy atom. The molecule has 0 unspecified atom stereocenters. The van der Waals surface area contributed by atoms with Gasteiger partial charge >= 0.3 is 0 Å². The maximum absolute atomic E-state index is 14.7. The predicted octanol–water partition coefficient (Wildman–Crippen LogP) is 5.55. The van der Waals surface area contributed by atoms with Gasteiger partial charge in [0.05, 0.1) is 48.5 Å². The molecule has 10 nitrogen and oxygen atoms in total. The van der Waals surface area contributed by atoms with Crippen molar-refractivity contribution in [2.45, 2.75) is 51.9 Å². The molecule has 4 amide bonds. The van der Waals surface area contributed by atoms with Gasteiger partial charge in [0.1, 0.15) is 23.6 Å². The Labute approximate surface area is 290 Å². The third-order valence-corrected chi connectivity index (χ3v) is 10.4. The number of hydrogen-bond acceptors (Lipinski definition) is 8. The Kier molecular flexibility index (Phi) is 7.80. The summed E-state index contributed by atoms with van der Waals surface area (Å²) in [4.78, 5) is 61.2. The lowest BCUT2D eigenvalue weighted by Gasteiger charge is -2.35. The largest absolute Gasteiger partial charge is 0.494 e. The lowest BCUT2D eigenvalue weighted by Crippen LogP contribution is -2.50. The van der Waals surface area contributed by atoms with Crippen LogP contribution in [-0.2, 0) is 19.2 Å². The number of imide groups is 2. The van der Waals surface area contributed by atoms with Crippen LogP contribution in [-0.4, -0.2) is 58.9 Å². The highest BCUT2D eigenvalue weighted by molar-refractivity contribution is 6.26. The molecule has 4 aromatic rings. The summed E-state index contributed by atoms with van der Waals surface area (Å²) in [6, 6.07) is 26.4. The quantitative estimate of drug-likeness (QED) is 0.225. The van der Waals surface area contributed by atoms with Gasteiger partial charge in [0.2, 0.25) is 11.8 Å². The number of carbonyl (C=O) groups is 4. The fourth-order valence-electron chi connectivity index (χ4n) is 8.25. The van der Waals surface area contributed by atoms with E-state index in [9.17, 15) is 19.2 Å². The van der Waals surface area contributed by atoms with E-state index in [0.717, 1.165) is 22.3 Å². The summed E-state index contributed by atoms with van der Waals surface area (Å²) in [5.41, 5.74) is 4.57. The number of rotatable bonds is 8. The zero-order valence-electron chi connectivity index (χ0n) is 28.4. The number of benzene rings is 4. The summed E-state index contributed by atoms with van der Waals surface area (Å²) in [5.74, 6) is -1.83. The van der Waals surface area contributed by atoms with Crippen LogP contribution >= 0.6 is 0 Å². The number of aryl methyl sites for hydroxylation is 2. The van der Waals surface area contributed by atoms with Crippen LogP contribution in [0.15, 0.2) is 97.1 Å². The van der Waals surface area contributed by atoms with E-state index in [1.165, 1.54) is 9.80 Å². The average molecular weight is 671 g/mol. The summed E-state index contributed by atoms with van der Waals surface area (Å²) in [5, 5.41) is 3.80. The molecular weight excluding hydrogens is 632 g/mol. The first-order valence-electron chi connectivity index (χ1n) is 17.1. The van der Waals surface area contributed by atoms with E-state index >= 15 is 0 Å². The molecule has 0 aromatic heterocycles. The number of hydrazine groups is 1. The molecule has 50 heavy (non-hydrogen) atoms. The van der Waals surface area contributed by atoms with E-state index < -0.39 is 36.0 Å². The van der Waals surface area contributed by atoms with E-state index in [1.807, 2.05) is 86.2 Å². The second-order valence-electron chi connectivity index (χ2n) is 13.3. The molecule has 4 saturated heterocycles. The second-order valence-corrected chi connectivity index (χ2v) is 13.3. The Morgan fingerprint density at radius 1 is 0.460 bits per heavy atom. The molecule has 0 N–H and O–H groups in total. The summed E-state index contributed by atoms with van der Waals surface area (Å²) in [6.45, 7) is 8.73. The standard InChI is InChI=1S/C40H38N4O6/c1-5-49-29-19-15-27(16-20-29)41-37(45)31-33(25-11-7-23(3)8-12-25)44-36-32(34(43(44)35(31)39(41)47)26-13-9-24(4)10-14-26)38(46)42(40(36)48)28-17-21-30(22-18-28)50-6-2/h7-22,31-36H,5-6H2,1-4H3/t31-,32-,33-,34+,35+,36-/m0/s1. The number of carbonyl (C=O) groups excluding carboxylic acids is 4. The maximum atomic E-state index is 14.7. The zero-order chi connectivity index (χ0) is 34.8. The Hall–Kier alpha value is -5.32. The van der Waals surface area contributed by atoms with Crippen LogP contribution in [0.4, 0.5) is 11.4 Å². The van der Waals surface area contributed by atoms with Crippen molar-refractivity contribution >= 4 is 35.0 Å². The van der Waals surface area contributed by atoms with Crippen molar-refractivity contribution in [2.24, 2.45) is 11.8 Å². The number of amides is 4. The molecule has 0 saturated carbocycles. The molecule has 0 radical (unpaired) electrons. The van der Waals surface area contributed by atoms with Gasteiger partial charge in [-0.15, -0.1) is 0 Å². The Bertz CT molecular complexity index is 1830. The lowest BCUT2D eigenvalue weighted by atomic mass is 9.84. The number of nitrogens with zero attached hydrogens (tertiary/aromatic N) is 4. The van der Waals surface area contributed by atoms with Gasteiger partial charge in [-0.3, -0.25) is 19.2 Å². The van der Waals surface area contributed by atoms with Crippen molar-refractivity contribution in [1.29, 1.82) is 0 Å². The van der Waals surface area contributed by atoms with E-state index in [-0.39, 0.29) is 23.6 Å². The molecule has 4 heterocycles. The molecule has 6 atom stereocenters. The molecule has 4 fully saturated rings. The molecular formula is C40H38N4O6. The number of hydrogen-bond donors (Lipinski definition) is 0. The highest BCUT2D eigenvalue weighted by atomic mass is 16.5. The highest BCUT2D eigenvalue weighted by Gasteiger charge is 2.73. The minimum Gasteiger partial charge on any atom is -0.494 e. The molecule has 0 bridgehead atoms. The van der Waals surface area contributed by atoms with Gasteiger partial charge in [-0.2, -0.15) is 0 Å². The first-order chi connectivity index (χ1) is 24.2. The fourth-order valence-corrected chi connectivity index (χ4v) is 8.25. The minimum absolute atomic E-state index is 0.344. The second kappa shape index (κ2) is 12.2. The molecule has 4 aliphatic heterocycles. The smallest absolute Gasteiger partial charge is 0.253 e. The number of anilines is 2. The van der Waals surface area contributed by atoms with Crippen molar-refractivity contribution in [3.8, 4) is 11.5 Å². The topological polar surface area (TPSA) is 99.7 Å². The SMILES string of the molecule is CCOc1ccc(N2C(=O)[C@@H]3[C@@H](C2=O)N2[C@@H](c4ccc(C)cc4)[C@@H]4C(=O)N(c5ccc(OCC)cc5)C(=O)[C@@H]4N2[C@@H]3c2ccc(C)cc2)cc1. The van der Waals surface area contributed by atoms with E-state index in [2.05, 4.69) is 0 Å². The highest BCUT2D eigenvalue weighted by Crippen LogP contribution is 2.59. The van der Waals surface area contributed by atoms with Crippen LogP contribution in [0.1, 0.15) is 48.2 Å². The maximum Gasteiger partial charge on any atom is 0.253 e. The third kappa shape index (κ3) is 4.77. The first kappa shape index (κ1) is 31.9. The summed E-state index contributed by atoms with van der Waals surface area (Å²) < 4.78 is 11.2. The molecule has 0 aliphatic carbocycles. The van der Waals surface area contributed by atoms with Crippen LogP contribution in [0.3, 0.4) is 0 Å². The molecule has 10 heteroatoms. The molecule has 4 aliphatic rings. The average Bonchev–Trinajstić information content (AvgIpc) is 3.78. The van der Waals surface area contributed by atoms with Gasteiger partial charge < -0.3 is 9.47 Å². The van der Waals surface area contributed by atoms with Gasteiger partial charge in [0, 0.05) is 0 Å². The molecule has 254 valence electrons. The van der Waals surface area contributed by atoms with E-state index in [0.29, 0.717) is 36.1 Å². The Morgan fingerprint density at radius 3 is 1.12 bits per heavy atom. The third-order valence-electron chi connectivity index (χ3n) is 10.4. The van der Waals surface area contributed by atoms with Gasteiger partial charge in [0.25, 0.3) is 11.8 Å². The zero-order valence-corrected chi connectivity index (χ0v) is 28.4. The monoisotopic (exact) mass is 670 g/mol. The molecule has 0 spiro atoms. The molecule has 8 rings (SSSR count). The van der Waals surface area contributed by atoms with Crippen LogP contribution < -0.4 is 19.3 Å². The number of ether oxygens (including phenoxy) is 2. The van der Waals surface area contributed by atoms with Gasteiger partial charge in [0.15, 0.2) is 0 Å². The predicted molar refractivity (Wildman–Crippen MR) is 186 cm³/mol. The van der Waals surface area contributed by atoms with Crippen LogP contribution in [0, 0.1) is 25.7 Å². The lowest BCUT2D eigenvalue weighted by molar-refractivity contribution is -0.136. The van der Waals surface area contributed by atoms with Gasteiger partial charge in [-0.05, 0) is 87.4 Å². The summed E-state index contributed by atoms with van der Waals surface area (Å²) in [7, 11) is 0. The van der Waals surface area contributed by atoms with Crippen molar-refractivity contribution < 1.29 is 28.7 Å². The Balaban J connectivity index is 1.28. The molecule has 4 aromatic carbocycles. The minimum atomic E-state index is -0.934. The summed E-state index contributed by atoms with van der Waals surface area (Å²) >= 11 is 0. The van der Waals surface area contributed by atoms with Crippen molar-refractivity contribution in [1.82, 2.24) is 10.0 Å². The van der Waals surface area contributed by atoms with Crippen molar-refractivity contribution in [3.63, 3.8) is 0 Å². The van der Waals surface area contributed by atoms with Gasteiger partial charge in [-0.1, -0.05) is 59.7 Å². The summed E-state index contributed by atoms with van der Waals surface area (Å²) in [6.07, 6.45) is 0. The van der Waals surface area contributed by atoms with Crippen LogP contribution in [0.5, 0.6) is 11.5 Å².